The molecule has 0 saturated carbocycles. The molecule has 0 saturated heterocycles. The van der Waals surface area contributed by atoms with E-state index in [0.717, 1.165) is 16.7 Å². The highest BCUT2D eigenvalue weighted by atomic mass is 32.1. The predicted octanol–water partition coefficient (Wildman–Crippen LogP) is 2.66. The van der Waals surface area contributed by atoms with Crippen LogP contribution in [0.1, 0.15) is 11.8 Å². The van der Waals surface area contributed by atoms with Crippen molar-refractivity contribution in [1.29, 1.82) is 5.41 Å². The Morgan fingerprint density at radius 2 is 2.33 bits per heavy atom. The zero-order valence-electron chi connectivity index (χ0n) is 12.3. The van der Waals surface area contributed by atoms with Crippen molar-refractivity contribution in [3.05, 3.63) is 58.8 Å². The van der Waals surface area contributed by atoms with Gasteiger partial charge in [-0.25, -0.2) is 0 Å². The third-order valence-corrected chi connectivity index (χ3v) is 3.91. The number of hydrogen-bond acceptors (Lipinski definition) is 3. The largest absolute Gasteiger partial charge is 0.360 e. The second-order valence-corrected chi connectivity index (χ2v) is 5.48. The molecule has 1 heterocycles. The van der Waals surface area contributed by atoms with E-state index in [-0.39, 0.29) is 5.96 Å². The van der Waals surface area contributed by atoms with Crippen molar-refractivity contribution in [3.63, 3.8) is 0 Å². The number of rotatable bonds is 7. The van der Waals surface area contributed by atoms with Crippen molar-refractivity contribution in [2.45, 2.75) is 18.9 Å². The van der Waals surface area contributed by atoms with Crippen LogP contribution in [-0.2, 0) is 11.2 Å². The summed E-state index contributed by atoms with van der Waals surface area (Å²) in [7, 11) is 1.64. The highest BCUT2D eigenvalue weighted by Crippen LogP contribution is 2.24. The molecular formula is C16H21N3OS. The normalized spacial score (nSPS) is 14.5. The van der Waals surface area contributed by atoms with Gasteiger partial charge in [0.2, 0.25) is 0 Å². The molecule has 0 bridgehead atoms. The molecule has 0 aliphatic heterocycles. The van der Waals surface area contributed by atoms with Crippen molar-refractivity contribution in [1.82, 2.24) is 10.6 Å². The Balaban J connectivity index is 3.25. The van der Waals surface area contributed by atoms with Crippen LogP contribution in [0.5, 0.6) is 0 Å². The van der Waals surface area contributed by atoms with Crippen LogP contribution < -0.4 is 10.6 Å². The molecule has 0 aliphatic rings. The Bertz CT molecular complexity index is 546. The van der Waals surface area contributed by atoms with Crippen LogP contribution in [0.25, 0.3) is 0 Å². The summed E-state index contributed by atoms with van der Waals surface area (Å²) in [5.41, 5.74) is -0.282. The van der Waals surface area contributed by atoms with Gasteiger partial charge in [0.15, 0.2) is 5.96 Å². The van der Waals surface area contributed by atoms with E-state index in [1.165, 1.54) is 0 Å². The minimum absolute atomic E-state index is 0.0897. The van der Waals surface area contributed by atoms with Gasteiger partial charge in [-0.3, -0.25) is 5.41 Å². The van der Waals surface area contributed by atoms with Crippen LogP contribution in [0, 0.1) is 5.41 Å². The van der Waals surface area contributed by atoms with E-state index >= 15 is 0 Å². The van der Waals surface area contributed by atoms with Gasteiger partial charge in [0.25, 0.3) is 0 Å². The summed E-state index contributed by atoms with van der Waals surface area (Å²) in [4.78, 5) is 12.9. The van der Waals surface area contributed by atoms with Crippen LogP contribution in [0.4, 0.5) is 0 Å². The lowest BCUT2D eigenvalue weighted by Crippen LogP contribution is -2.55. The van der Waals surface area contributed by atoms with Crippen LogP contribution >= 0.6 is 11.3 Å². The SMILES string of the molecule is C=C/C(=C\C=C/C)C(C=O)(Cc1cccs1)NC(=N)NC. The topological polar surface area (TPSA) is 65.0 Å². The van der Waals surface area contributed by atoms with Crippen LogP contribution in [-0.4, -0.2) is 24.8 Å². The van der Waals surface area contributed by atoms with Crippen molar-refractivity contribution in [2.24, 2.45) is 0 Å². The molecule has 0 spiro atoms. The zero-order valence-corrected chi connectivity index (χ0v) is 13.2. The van der Waals surface area contributed by atoms with Gasteiger partial charge in [-0.05, 0) is 23.9 Å². The summed E-state index contributed by atoms with van der Waals surface area (Å²) in [5, 5.41) is 15.5. The molecular weight excluding hydrogens is 282 g/mol. The minimum atomic E-state index is -1.01. The standard InChI is InChI=1S/C16H21N3OS/c1-4-6-8-13(5-2)16(12-20,19-15(17)18-3)11-14-9-7-10-21-14/h4-10,12H,2,11H2,1,3H3,(H3,17,18,19)/b6-4-,13-8+. The number of nitrogens with one attached hydrogen (secondary N) is 3. The maximum Gasteiger partial charge on any atom is 0.189 e. The molecule has 0 amide bonds. The highest BCUT2D eigenvalue weighted by Gasteiger charge is 2.34. The van der Waals surface area contributed by atoms with Gasteiger partial charge in [-0.2, -0.15) is 0 Å². The molecule has 21 heavy (non-hydrogen) atoms. The van der Waals surface area contributed by atoms with Gasteiger partial charge < -0.3 is 15.4 Å². The highest BCUT2D eigenvalue weighted by molar-refractivity contribution is 7.09. The number of aldehydes is 1. The van der Waals surface area contributed by atoms with E-state index in [0.29, 0.717) is 6.42 Å². The Labute approximate surface area is 129 Å². The molecule has 1 unspecified atom stereocenters. The van der Waals surface area contributed by atoms with E-state index < -0.39 is 5.54 Å². The monoisotopic (exact) mass is 303 g/mol. The Hall–Kier alpha value is -2.14. The molecule has 0 fully saturated rings. The molecule has 0 aliphatic carbocycles. The lowest BCUT2D eigenvalue weighted by molar-refractivity contribution is -0.111. The average molecular weight is 303 g/mol. The molecule has 1 aromatic rings. The van der Waals surface area contributed by atoms with Gasteiger partial charge in [-0.15, -0.1) is 11.3 Å². The maximum atomic E-state index is 11.9. The fourth-order valence-corrected chi connectivity index (χ4v) is 2.73. The maximum absolute atomic E-state index is 11.9. The van der Waals surface area contributed by atoms with Crippen molar-refractivity contribution in [3.8, 4) is 0 Å². The van der Waals surface area contributed by atoms with Crippen molar-refractivity contribution in [2.75, 3.05) is 7.05 Å². The summed E-state index contributed by atoms with van der Waals surface area (Å²) in [6, 6.07) is 3.92. The Morgan fingerprint density at radius 1 is 1.57 bits per heavy atom. The second kappa shape index (κ2) is 8.21. The Kier molecular flexibility index (Phi) is 6.62. The molecule has 112 valence electrons. The number of hydrogen-bond donors (Lipinski definition) is 3. The van der Waals surface area contributed by atoms with E-state index in [2.05, 4.69) is 17.2 Å². The number of carbonyl (C=O) groups excluding carboxylic acids is 1. The first kappa shape index (κ1) is 16.9. The number of carbonyl (C=O) groups is 1. The molecule has 1 aromatic heterocycles. The summed E-state index contributed by atoms with van der Waals surface area (Å²) >= 11 is 1.58. The number of thiophene rings is 1. The summed E-state index contributed by atoms with van der Waals surface area (Å²) in [6.07, 6.45) is 8.54. The number of allylic oxidation sites excluding steroid dienone is 3. The van der Waals surface area contributed by atoms with Gasteiger partial charge in [-0.1, -0.05) is 36.9 Å². The van der Waals surface area contributed by atoms with E-state index in [4.69, 9.17) is 5.41 Å². The van der Waals surface area contributed by atoms with Crippen molar-refractivity contribution >= 4 is 23.6 Å². The third-order valence-electron chi connectivity index (χ3n) is 3.04. The third kappa shape index (κ3) is 4.43. The van der Waals surface area contributed by atoms with Crippen molar-refractivity contribution < 1.29 is 4.79 Å². The quantitative estimate of drug-likeness (QED) is 0.314. The van der Waals surface area contributed by atoms with Gasteiger partial charge in [0.05, 0.1) is 0 Å². The van der Waals surface area contributed by atoms with E-state index in [9.17, 15) is 4.79 Å². The fraction of sp³-hybridized carbons (Fsp3) is 0.250. The zero-order chi connectivity index (χ0) is 15.7. The first-order chi connectivity index (χ1) is 10.1. The summed E-state index contributed by atoms with van der Waals surface area (Å²) in [6.45, 7) is 5.71. The summed E-state index contributed by atoms with van der Waals surface area (Å²) in [5.74, 6) is 0.0897. The molecule has 1 atom stereocenters. The lowest BCUT2D eigenvalue weighted by Gasteiger charge is -2.31. The molecule has 5 heteroatoms. The lowest BCUT2D eigenvalue weighted by atomic mass is 9.86. The number of guanidine groups is 1. The smallest absolute Gasteiger partial charge is 0.189 e. The molecule has 0 radical (unpaired) electrons. The average Bonchev–Trinajstić information content (AvgIpc) is 3.00. The van der Waals surface area contributed by atoms with Crippen LogP contribution in [0.2, 0.25) is 0 Å². The van der Waals surface area contributed by atoms with Gasteiger partial charge in [0.1, 0.15) is 11.8 Å². The first-order valence-electron chi connectivity index (χ1n) is 6.61. The molecule has 1 rings (SSSR count). The molecule has 3 N–H and O–H groups in total. The van der Waals surface area contributed by atoms with E-state index in [1.807, 2.05) is 42.7 Å². The Morgan fingerprint density at radius 3 is 2.81 bits per heavy atom. The second-order valence-electron chi connectivity index (χ2n) is 4.45. The fourth-order valence-electron chi connectivity index (χ4n) is 1.93. The minimum Gasteiger partial charge on any atom is -0.360 e. The van der Waals surface area contributed by atoms with Crippen LogP contribution in [0.15, 0.2) is 54.0 Å². The summed E-state index contributed by atoms with van der Waals surface area (Å²) < 4.78 is 0. The molecule has 4 nitrogen and oxygen atoms in total. The van der Waals surface area contributed by atoms with E-state index in [1.54, 1.807) is 24.5 Å². The first-order valence-corrected chi connectivity index (χ1v) is 7.49. The van der Waals surface area contributed by atoms with Gasteiger partial charge >= 0.3 is 0 Å². The van der Waals surface area contributed by atoms with Crippen LogP contribution in [0.3, 0.4) is 0 Å². The molecule has 0 aromatic carbocycles. The predicted molar refractivity (Wildman–Crippen MR) is 89.8 cm³/mol. The van der Waals surface area contributed by atoms with Gasteiger partial charge in [0, 0.05) is 18.3 Å².